The van der Waals surface area contributed by atoms with Gasteiger partial charge < -0.3 is 5.73 Å². The van der Waals surface area contributed by atoms with E-state index in [1.165, 1.54) is 37.1 Å². The SMILES string of the molecule is CCC(CC)(C(N)Cc1ccc(C)cc1)N1CCCC1. The fourth-order valence-electron chi connectivity index (χ4n) is 3.79. The third-order valence-corrected chi connectivity index (χ3v) is 5.23. The van der Waals surface area contributed by atoms with Crippen molar-refractivity contribution in [1.29, 1.82) is 0 Å². The molecule has 1 aliphatic heterocycles. The quantitative estimate of drug-likeness (QED) is 0.860. The Balaban J connectivity index is 2.13. The zero-order chi connectivity index (χ0) is 14.6. The largest absolute Gasteiger partial charge is 0.326 e. The Labute approximate surface area is 124 Å². The van der Waals surface area contributed by atoms with Crippen molar-refractivity contribution in [1.82, 2.24) is 4.90 Å². The third kappa shape index (κ3) is 3.07. The van der Waals surface area contributed by atoms with Gasteiger partial charge in [0.15, 0.2) is 0 Å². The van der Waals surface area contributed by atoms with Crippen molar-refractivity contribution in [3.63, 3.8) is 0 Å². The fraction of sp³-hybridized carbons (Fsp3) is 0.667. The van der Waals surface area contributed by atoms with Crippen molar-refractivity contribution in [3.8, 4) is 0 Å². The second-order valence-electron chi connectivity index (χ2n) is 6.30. The van der Waals surface area contributed by atoms with Gasteiger partial charge in [0.25, 0.3) is 0 Å². The van der Waals surface area contributed by atoms with Gasteiger partial charge in [-0.15, -0.1) is 0 Å². The Morgan fingerprint density at radius 3 is 2.15 bits per heavy atom. The molecular formula is C18H30N2. The molecule has 0 aliphatic carbocycles. The predicted octanol–water partition coefficient (Wildman–Crippen LogP) is 3.52. The first kappa shape index (κ1) is 15.5. The number of rotatable bonds is 6. The molecule has 2 nitrogen and oxygen atoms in total. The van der Waals surface area contributed by atoms with E-state index in [4.69, 9.17) is 5.73 Å². The summed E-state index contributed by atoms with van der Waals surface area (Å²) in [6.07, 6.45) is 5.95. The number of nitrogens with two attached hydrogens (primary N) is 1. The van der Waals surface area contributed by atoms with Crippen molar-refractivity contribution >= 4 is 0 Å². The van der Waals surface area contributed by atoms with Crippen LogP contribution in [-0.2, 0) is 6.42 Å². The standard InChI is InChI=1S/C18H30N2/c1-4-18(5-2,20-12-6-7-13-20)17(19)14-16-10-8-15(3)9-11-16/h8-11,17H,4-7,12-14,19H2,1-3H3. The van der Waals surface area contributed by atoms with Gasteiger partial charge in [-0.2, -0.15) is 0 Å². The van der Waals surface area contributed by atoms with Crippen LogP contribution in [0, 0.1) is 6.92 Å². The van der Waals surface area contributed by atoms with E-state index in [9.17, 15) is 0 Å². The molecular weight excluding hydrogens is 244 g/mol. The Kier molecular flexibility index (Phi) is 5.22. The molecule has 0 spiro atoms. The Morgan fingerprint density at radius 2 is 1.65 bits per heavy atom. The summed E-state index contributed by atoms with van der Waals surface area (Å²) in [6, 6.07) is 9.07. The molecule has 1 aliphatic rings. The van der Waals surface area contributed by atoms with Crippen LogP contribution >= 0.6 is 0 Å². The topological polar surface area (TPSA) is 29.3 Å². The molecule has 2 rings (SSSR count). The molecule has 1 atom stereocenters. The van der Waals surface area contributed by atoms with Crippen molar-refractivity contribution in [2.45, 2.75) is 64.5 Å². The molecule has 0 radical (unpaired) electrons. The predicted molar refractivity (Wildman–Crippen MR) is 87.0 cm³/mol. The first-order valence-corrected chi connectivity index (χ1v) is 8.18. The van der Waals surface area contributed by atoms with E-state index < -0.39 is 0 Å². The Hall–Kier alpha value is -0.860. The minimum atomic E-state index is 0.182. The molecule has 1 unspecified atom stereocenters. The normalized spacial score (nSPS) is 18.4. The molecule has 1 aromatic carbocycles. The number of aryl methyl sites for hydroxylation is 1. The number of hydrogen-bond donors (Lipinski definition) is 1. The minimum Gasteiger partial charge on any atom is -0.326 e. The summed E-state index contributed by atoms with van der Waals surface area (Å²) in [6.45, 7) is 9.19. The van der Waals surface area contributed by atoms with Crippen LogP contribution in [0.5, 0.6) is 0 Å². The highest BCUT2D eigenvalue weighted by Crippen LogP contribution is 2.32. The molecule has 1 fully saturated rings. The molecule has 20 heavy (non-hydrogen) atoms. The second kappa shape index (κ2) is 6.73. The van der Waals surface area contributed by atoms with Gasteiger partial charge in [0.1, 0.15) is 0 Å². The van der Waals surface area contributed by atoms with Crippen molar-refractivity contribution in [2.24, 2.45) is 5.73 Å². The Morgan fingerprint density at radius 1 is 1.10 bits per heavy atom. The average molecular weight is 274 g/mol. The van der Waals surface area contributed by atoms with Gasteiger partial charge in [-0.3, -0.25) is 4.90 Å². The van der Waals surface area contributed by atoms with Crippen LogP contribution < -0.4 is 5.73 Å². The maximum absolute atomic E-state index is 6.68. The van der Waals surface area contributed by atoms with Crippen molar-refractivity contribution in [3.05, 3.63) is 35.4 Å². The van der Waals surface area contributed by atoms with Crippen LogP contribution in [0.15, 0.2) is 24.3 Å². The van der Waals surface area contributed by atoms with E-state index in [1.54, 1.807) is 0 Å². The molecule has 1 heterocycles. The molecule has 0 saturated carbocycles. The van der Waals surface area contributed by atoms with Crippen LogP contribution in [-0.4, -0.2) is 29.6 Å². The van der Waals surface area contributed by atoms with Crippen LogP contribution in [0.1, 0.15) is 50.7 Å². The smallest absolute Gasteiger partial charge is 0.0358 e. The zero-order valence-electron chi connectivity index (χ0n) is 13.4. The molecule has 1 saturated heterocycles. The first-order valence-electron chi connectivity index (χ1n) is 8.18. The number of hydrogen-bond acceptors (Lipinski definition) is 2. The summed E-state index contributed by atoms with van der Waals surface area (Å²) >= 11 is 0. The molecule has 0 amide bonds. The molecule has 112 valence electrons. The van der Waals surface area contributed by atoms with Crippen LogP contribution in [0.4, 0.5) is 0 Å². The minimum absolute atomic E-state index is 0.182. The fourth-order valence-corrected chi connectivity index (χ4v) is 3.79. The highest BCUT2D eigenvalue weighted by Gasteiger charge is 2.40. The summed E-state index contributed by atoms with van der Waals surface area (Å²) in [5.74, 6) is 0. The highest BCUT2D eigenvalue weighted by atomic mass is 15.2. The van der Waals surface area contributed by atoms with Crippen molar-refractivity contribution in [2.75, 3.05) is 13.1 Å². The number of nitrogens with zero attached hydrogens (tertiary/aromatic N) is 1. The maximum Gasteiger partial charge on any atom is 0.0358 e. The van der Waals surface area contributed by atoms with Gasteiger partial charge in [0.2, 0.25) is 0 Å². The van der Waals surface area contributed by atoms with E-state index in [1.807, 2.05) is 0 Å². The molecule has 2 heteroatoms. The third-order valence-electron chi connectivity index (χ3n) is 5.23. The summed E-state index contributed by atoms with van der Waals surface area (Å²) in [4.78, 5) is 2.66. The monoisotopic (exact) mass is 274 g/mol. The van der Waals surface area contributed by atoms with Gasteiger partial charge in [-0.25, -0.2) is 0 Å². The lowest BCUT2D eigenvalue weighted by atomic mass is 9.80. The van der Waals surface area contributed by atoms with Crippen LogP contribution in [0.2, 0.25) is 0 Å². The molecule has 2 N–H and O–H groups in total. The summed E-state index contributed by atoms with van der Waals surface area (Å²) < 4.78 is 0. The maximum atomic E-state index is 6.68. The van der Waals surface area contributed by atoms with E-state index >= 15 is 0 Å². The van der Waals surface area contributed by atoms with E-state index in [-0.39, 0.29) is 11.6 Å². The van der Waals surface area contributed by atoms with Gasteiger partial charge in [0, 0.05) is 11.6 Å². The summed E-state index contributed by atoms with van der Waals surface area (Å²) in [5.41, 5.74) is 9.55. The highest BCUT2D eigenvalue weighted by molar-refractivity contribution is 5.23. The van der Waals surface area contributed by atoms with Gasteiger partial charge >= 0.3 is 0 Å². The van der Waals surface area contributed by atoms with E-state index in [0.717, 1.165) is 19.3 Å². The number of benzene rings is 1. The Bertz CT molecular complexity index is 400. The summed E-state index contributed by atoms with van der Waals surface area (Å²) in [5, 5.41) is 0. The first-order chi connectivity index (χ1) is 9.62. The lowest BCUT2D eigenvalue weighted by Crippen LogP contribution is -2.59. The summed E-state index contributed by atoms with van der Waals surface area (Å²) in [7, 11) is 0. The molecule has 0 aromatic heterocycles. The van der Waals surface area contributed by atoms with E-state index in [2.05, 4.69) is 49.9 Å². The second-order valence-corrected chi connectivity index (χ2v) is 6.30. The van der Waals surface area contributed by atoms with Crippen LogP contribution in [0.3, 0.4) is 0 Å². The lowest BCUT2D eigenvalue weighted by molar-refractivity contribution is 0.0768. The molecule has 1 aromatic rings. The van der Waals surface area contributed by atoms with E-state index in [0.29, 0.717) is 0 Å². The van der Waals surface area contributed by atoms with Gasteiger partial charge in [-0.1, -0.05) is 43.7 Å². The average Bonchev–Trinajstić information content (AvgIpc) is 2.98. The van der Waals surface area contributed by atoms with Crippen molar-refractivity contribution < 1.29 is 0 Å². The number of likely N-dealkylation sites (tertiary alicyclic amines) is 1. The van der Waals surface area contributed by atoms with Gasteiger partial charge in [-0.05, 0) is 57.7 Å². The zero-order valence-corrected chi connectivity index (χ0v) is 13.4. The van der Waals surface area contributed by atoms with Crippen LogP contribution in [0.25, 0.3) is 0 Å². The van der Waals surface area contributed by atoms with Gasteiger partial charge in [0.05, 0.1) is 0 Å². The lowest BCUT2D eigenvalue weighted by Gasteiger charge is -2.45. The molecule has 0 bridgehead atoms.